The van der Waals surface area contributed by atoms with E-state index in [-0.39, 0.29) is 19.1 Å². The van der Waals surface area contributed by atoms with E-state index in [9.17, 15) is 14.7 Å². The van der Waals surface area contributed by atoms with Crippen molar-refractivity contribution >= 4 is 34.8 Å². The van der Waals surface area contributed by atoms with Crippen LogP contribution in [-0.4, -0.2) is 63.3 Å². The van der Waals surface area contributed by atoms with Crippen molar-refractivity contribution in [2.75, 3.05) is 36.0 Å². The van der Waals surface area contributed by atoms with E-state index in [1.54, 1.807) is 38.9 Å². The van der Waals surface area contributed by atoms with E-state index in [4.69, 9.17) is 16.7 Å². The van der Waals surface area contributed by atoms with E-state index in [0.717, 1.165) is 23.5 Å². The second-order valence-corrected chi connectivity index (χ2v) is 10.6. The van der Waals surface area contributed by atoms with E-state index in [1.807, 2.05) is 43.3 Å². The molecule has 0 radical (unpaired) electrons. The van der Waals surface area contributed by atoms with E-state index in [2.05, 4.69) is 15.6 Å². The molecule has 3 heterocycles. The van der Waals surface area contributed by atoms with Crippen LogP contribution in [0.5, 0.6) is 0 Å². The summed E-state index contributed by atoms with van der Waals surface area (Å²) < 4.78 is 1.70. The number of hydrogen-bond donors (Lipinski definition) is 3. The molecule has 2 atom stereocenters. The number of nitrogens with zero attached hydrogens (tertiary/aromatic N) is 5. The molecular formula is C29H33ClN6O4. The van der Waals surface area contributed by atoms with Gasteiger partial charge in [-0.2, -0.15) is 0 Å². The quantitative estimate of drug-likeness (QED) is 0.323. The first kappa shape index (κ1) is 28.0. The van der Waals surface area contributed by atoms with Crippen molar-refractivity contribution in [2.45, 2.75) is 38.5 Å². The van der Waals surface area contributed by atoms with E-state index in [0.29, 0.717) is 48.7 Å². The van der Waals surface area contributed by atoms with Gasteiger partial charge in [-0.25, -0.2) is 0 Å². The Kier molecular flexibility index (Phi) is 8.32. The minimum absolute atomic E-state index is 0.00467. The standard InChI is InChI=1S/C29H33ClN6O4/c1-20(5-2-3-12-34-19-23(10-14-37)32-33-34)29(40)25-16-22(30)8-9-26(25)36(28(29)39)18-21-6-4-7-24(15-21)35-13-11-31-17-27(35)38/h2,4-9,15-16,19-20,31,37,40H,3,10-14,17-18H2,1H3/b5-2+/t20-,29+/m0/s1. The summed E-state index contributed by atoms with van der Waals surface area (Å²) in [6.45, 7) is 4.25. The highest BCUT2D eigenvalue weighted by Gasteiger charge is 2.52. The maximum Gasteiger partial charge on any atom is 0.264 e. The van der Waals surface area contributed by atoms with Crippen molar-refractivity contribution in [1.82, 2.24) is 20.3 Å². The van der Waals surface area contributed by atoms with Crippen LogP contribution in [-0.2, 0) is 34.7 Å². The fourth-order valence-corrected chi connectivity index (χ4v) is 5.46. The van der Waals surface area contributed by atoms with Gasteiger partial charge in [0.2, 0.25) is 5.91 Å². The number of anilines is 2. The predicted molar refractivity (Wildman–Crippen MR) is 152 cm³/mol. The molecule has 1 saturated heterocycles. The van der Waals surface area contributed by atoms with Crippen LogP contribution in [0.1, 0.15) is 30.2 Å². The van der Waals surface area contributed by atoms with Gasteiger partial charge >= 0.3 is 0 Å². The minimum Gasteiger partial charge on any atom is -0.396 e. The van der Waals surface area contributed by atoms with Crippen molar-refractivity contribution in [3.05, 3.63) is 82.7 Å². The molecule has 2 aliphatic heterocycles. The van der Waals surface area contributed by atoms with Gasteiger partial charge in [0.15, 0.2) is 5.60 Å². The van der Waals surface area contributed by atoms with Gasteiger partial charge in [-0.15, -0.1) is 5.10 Å². The summed E-state index contributed by atoms with van der Waals surface area (Å²) in [6.07, 6.45) is 6.64. The molecule has 0 unspecified atom stereocenters. The summed E-state index contributed by atoms with van der Waals surface area (Å²) in [6, 6.07) is 12.7. The topological polar surface area (TPSA) is 124 Å². The highest BCUT2D eigenvalue weighted by molar-refractivity contribution is 6.31. The summed E-state index contributed by atoms with van der Waals surface area (Å²) in [5.74, 6) is -0.951. The second kappa shape index (κ2) is 11.9. The maximum absolute atomic E-state index is 13.9. The number of carbonyl (C=O) groups excluding carboxylic acids is 2. The van der Waals surface area contributed by atoms with Crippen LogP contribution in [0, 0.1) is 5.92 Å². The normalized spacial score (nSPS) is 20.0. The number of hydrogen-bond acceptors (Lipinski definition) is 7. The first-order valence-electron chi connectivity index (χ1n) is 13.4. The molecule has 3 aromatic rings. The summed E-state index contributed by atoms with van der Waals surface area (Å²) in [4.78, 5) is 29.6. The third kappa shape index (κ3) is 5.53. The number of rotatable bonds is 10. The number of benzene rings is 2. The summed E-state index contributed by atoms with van der Waals surface area (Å²) in [5, 5.41) is 32.6. The Balaban J connectivity index is 1.34. The number of aliphatic hydroxyl groups excluding tert-OH is 1. The highest BCUT2D eigenvalue weighted by Crippen LogP contribution is 2.46. The van der Waals surface area contributed by atoms with E-state index in [1.165, 1.54) is 0 Å². The first-order valence-corrected chi connectivity index (χ1v) is 13.8. The second-order valence-electron chi connectivity index (χ2n) is 10.2. The lowest BCUT2D eigenvalue weighted by molar-refractivity contribution is -0.139. The van der Waals surface area contributed by atoms with Gasteiger partial charge in [-0.05, 0) is 42.3 Å². The van der Waals surface area contributed by atoms with Gasteiger partial charge in [-0.3, -0.25) is 14.3 Å². The van der Waals surface area contributed by atoms with Gasteiger partial charge in [0.05, 0.1) is 24.5 Å². The van der Waals surface area contributed by atoms with Crippen LogP contribution in [0.25, 0.3) is 0 Å². The number of halogens is 1. The maximum atomic E-state index is 13.9. The van der Waals surface area contributed by atoms with Crippen LogP contribution in [0.4, 0.5) is 11.4 Å². The van der Waals surface area contributed by atoms with Crippen LogP contribution in [0.15, 0.2) is 60.8 Å². The molecule has 2 aliphatic rings. The number of aryl methyl sites for hydroxylation is 1. The van der Waals surface area contributed by atoms with Crippen LogP contribution in [0.3, 0.4) is 0 Å². The smallest absolute Gasteiger partial charge is 0.264 e. The molecule has 0 bridgehead atoms. The van der Waals surface area contributed by atoms with Gasteiger partial charge in [0.1, 0.15) is 0 Å². The SMILES string of the molecule is C[C@@H](/C=C/CCn1cc(CCO)nn1)[C@]1(O)C(=O)N(Cc2cccc(N3CCNCC3=O)c2)c2ccc(Cl)cc21. The van der Waals surface area contributed by atoms with Crippen molar-refractivity contribution in [2.24, 2.45) is 5.92 Å². The van der Waals surface area contributed by atoms with E-state index < -0.39 is 17.4 Å². The molecule has 10 nitrogen and oxygen atoms in total. The fraction of sp³-hybridized carbons (Fsp3) is 0.379. The summed E-state index contributed by atoms with van der Waals surface area (Å²) in [7, 11) is 0. The molecule has 40 heavy (non-hydrogen) atoms. The Bertz CT molecular complexity index is 1430. The highest BCUT2D eigenvalue weighted by atomic mass is 35.5. The number of nitrogens with one attached hydrogen (secondary N) is 1. The zero-order valence-corrected chi connectivity index (χ0v) is 23.1. The molecule has 210 valence electrons. The summed E-state index contributed by atoms with van der Waals surface area (Å²) in [5.41, 5.74) is 1.66. The van der Waals surface area contributed by atoms with Crippen molar-refractivity contribution in [1.29, 1.82) is 0 Å². The Morgan fingerprint density at radius 1 is 1.23 bits per heavy atom. The monoisotopic (exact) mass is 564 g/mol. The van der Waals surface area contributed by atoms with Crippen LogP contribution >= 0.6 is 11.6 Å². The van der Waals surface area contributed by atoms with Crippen LogP contribution < -0.4 is 15.1 Å². The van der Waals surface area contributed by atoms with E-state index >= 15 is 0 Å². The molecule has 2 aromatic carbocycles. The molecule has 11 heteroatoms. The van der Waals surface area contributed by atoms with Crippen molar-refractivity contribution < 1.29 is 19.8 Å². The number of piperazine rings is 1. The zero-order chi connectivity index (χ0) is 28.3. The molecule has 3 N–H and O–H groups in total. The number of aliphatic hydroxyl groups is 2. The minimum atomic E-state index is -1.79. The third-order valence-electron chi connectivity index (χ3n) is 7.45. The molecule has 0 saturated carbocycles. The summed E-state index contributed by atoms with van der Waals surface area (Å²) >= 11 is 6.32. The number of carbonyl (C=O) groups is 2. The predicted octanol–water partition coefficient (Wildman–Crippen LogP) is 2.42. The molecule has 0 spiro atoms. The van der Waals surface area contributed by atoms with Gasteiger partial charge in [-0.1, -0.05) is 48.0 Å². The molecule has 1 aromatic heterocycles. The number of aromatic nitrogens is 3. The average molecular weight is 565 g/mol. The van der Waals surface area contributed by atoms with Gasteiger partial charge in [0.25, 0.3) is 5.91 Å². The lowest BCUT2D eigenvalue weighted by Gasteiger charge is -2.29. The Morgan fingerprint density at radius 2 is 2.08 bits per heavy atom. The molecule has 1 fully saturated rings. The molecule has 0 aliphatic carbocycles. The van der Waals surface area contributed by atoms with Crippen LogP contribution in [0.2, 0.25) is 5.02 Å². The number of allylic oxidation sites excluding steroid dienone is 1. The van der Waals surface area contributed by atoms with Crippen molar-refractivity contribution in [3.8, 4) is 0 Å². The first-order chi connectivity index (χ1) is 19.3. The lowest BCUT2D eigenvalue weighted by atomic mass is 9.83. The zero-order valence-electron chi connectivity index (χ0n) is 22.3. The Hall–Kier alpha value is -3.57. The average Bonchev–Trinajstić information content (AvgIpc) is 3.48. The van der Waals surface area contributed by atoms with Gasteiger partial charge < -0.3 is 25.3 Å². The molecule has 5 rings (SSSR count). The lowest BCUT2D eigenvalue weighted by Crippen LogP contribution is -2.48. The largest absolute Gasteiger partial charge is 0.396 e. The number of fused-ring (bicyclic) bond motifs is 1. The van der Waals surface area contributed by atoms with Crippen molar-refractivity contribution in [3.63, 3.8) is 0 Å². The Labute approximate surface area is 237 Å². The third-order valence-corrected chi connectivity index (χ3v) is 7.68. The van der Waals surface area contributed by atoms with Gasteiger partial charge in [0, 0.05) is 61.1 Å². The number of amides is 2. The molecule has 2 amide bonds. The molecular weight excluding hydrogens is 532 g/mol. The Morgan fingerprint density at radius 3 is 2.88 bits per heavy atom. The fourth-order valence-electron chi connectivity index (χ4n) is 5.28.